The molecule has 100 valence electrons. The first-order valence-corrected chi connectivity index (χ1v) is 6.73. The highest BCUT2D eigenvalue weighted by atomic mass is 79.9. The number of hydrogen-bond donors (Lipinski definition) is 1. The number of benzene rings is 1. The van der Waals surface area contributed by atoms with Gasteiger partial charge in [-0.25, -0.2) is 4.98 Å². The number of hydrogen-bond acceptors (Lipinski definition) is 4. The third kappa shape index (κ3) is 3.61. The third-order valence-electron chi connectivity index (χ3n) is 2.46. The van der Waals surface area contributed by atoms with E-state index in [0.717, 1.165) is 34.1 Å². The Morgan fingerprint density at radius 1 is 1.21 bits per heavy atom. The molecule has 0 spiro atoms. The molecule has 0 fully saturated rings. The predicted octanol–water partition coefficient (Wildman–Crippen LogP) is 4.08. The molecule has 1 N–H and O–H groups in total. The van der Waals surface area contributed by atoms with Crippen LogP contribution in [0.15, 0.2) is 41.0 Å². The molecule has 0 radical (unpaired) electrons. The van der Waals surface area contributed by atoms with Crippen molar-refractivity contribution in [2.24, 2.45) is 0 Å². The molecule has 2 rings (SSSR count). The van der Waals surface area contributed by atoms with E-state index in [4.69, 9.17) is 9.47 Å². The van der Waals surface area contributed by atoms with Crippen LogP contribution in [0.3, 0.4) is 0 Å². The summed E-state index contributed by atoms with van der Waals surface area (Å²) >= 11 is 3.46. The lowest BCUT2D eigenvalue weighted by atomic mass is 10.3. The van der Waals surface area contributed by atoms with Gasteiger partial charge < -0.3 is 14.8 Å². The van der Waals surface area contributed by atoms with Crippen LogP contribution in [-0.2, 0) is 0 Å². The van der Waals surface area contributed by atoms with E-state index in [1.165, 1.54) is 0 Å². The minimum Gasteiger partial charge on any atom is -0.497 e. The van der Waals surface area contributed by atoms with Crippen LogP contribution in [0.1, 0.15) is 6.92 Å². The highest BCUT2D eigenvalue weighted by molar-refractivity contribution is 9.10. The van der Waals surface area contributed by atoms with Crippen molar-refractivity contribution in [2.45, 2.75) is 6.92 Å². The van der Waals surface area contributed by atoms with E-state index in [-0.39, 0.29) is 0 Å². The van der Waals surface area contributed by atoms with Gasteiger partial charge in [-0.1, -0.05) is 0 Å². The van der Waals surface area contributed by atoms with Crippen molar-refractivity contribution in [3.05, 3.63) is 41.0 Å². The zero-order chi connectivity index (χ0) is 13.7. The maximum absolute atomic E-state index is 5.81. The quantitative estimate of drug-likeness (QED) is 0.900. The molecular weight excluding hydrogens is 308 g/mol. The van der Waals surface area contributed by atoms with E-state index >= 15 is 0 Å². The Balaban J connectivity index is 2.18. The highest BCUT2D eigenvalue weighted by Crippen LogP contribution is 2.33. The molecule has 4 nitrogen and oxygen atoms in total. The normalized spacial score (nSPS) is 10.1. The lowest BCUT2D eigenvalue weighted by Crippen LogP contribution is -1.98. The van der Waals surface area contributed by atoms with Gasteiger partial charge in [-0.05, 0) is 47.1 Å². The van der Waals surface area contributed by atoms with E-state index in [1.807, 2.05) is 37.3 Å². The number of halogens is 1. The highest BCUT2D eigenvalue weighted by Gasteiger charge is 2.05. The fourth-order valence-electron chi connectivity index (χ4n) is 1.57. The van der Waals surface area contributed by atoms with Crippen molar-refractivity contribution in [2.75, 3.05) is 19.0 Å². The van der Waals surface area contributed by atoms with Gasteiger partial charge in [-0.15, -0.1) is 0 Å². The summed E-state index contributed by atoms with van der Waals surface area (Å²) in [6, 6.07) is 9.25. The van der Waals surface area contributed by atoms with Crippen LogP contribution in [0, 0.1) is 0 Å². The summed E-state index contributed by atoms with van der Waals surface area (Å²) in [5, 5.41) is 3.14. The monoisotopic (exact) mass is 322 g/mol. The number of anilines is 1. The van der Waals surface area contributed by atoms with Gasteiger partial charge in [0.25, 0.3) is 0 Å². The zero-order valence-electron chi connectivity index (χ0n) is 10.8. The minimum atomic E-state index is 0.731. The smallest absolute Gasteiger partial charge is 0.141 e. The van der Waals surface area contributed by atoms with E-state index in [0.29, 0.717) is 0 Å². The molecule has 0 amide bonds. The van der Waals surface area contributed by atoms with Crippen molar-refractivity contribution in [1.82, 2.24) is 4.98 Å². The van der Waals surface area contributed by atoms with Crippen LogP contribution in [0.25, 0.3) is 0 Å². The summed E-state index contributed by atoms with van der Waals surface area (Å²) in [5.41, 5.74) is 0. The van der Waals surface area contributed by atoms with Gasteiger partial charge in [0, 0.05) is 18.8 Å². The summed E-state index contributed by atoms with van der Waals surface area (Å²) in [7, 11) is 1.63. The molecule has 1 aromatic heterocycles. The van der Waals surface area contributed by atoms with Gasteiger partial charge >= 0.3 is 0 Å². The molecule has 0 aliphatic heterocycles. The van der Waals surface area contributed by atoms with Crippen molar-refractivity contribution in [3.8, 4) is 17.2 Å². The number of aromatic nitrogens is 1. The Morgan fingerprint density at radius 3 is 2.74 bits per heavy atom. The Morgan fingerprint density at radius 2 is 2.05 bits per heavy atom. The summed E-state index contributed by atoms with van der Waals surface area (Å²) in [6.07, 6.45) is 1.71. The number of nitrogens with one attached hydrogen (secondary N) is 1. The summed E-state index contributed by atoms with van der Waals surface area (Å²) < 4.78 is 11.8. The molecule has 0 saturated heterocycles. The molecule has 0 saturated carbocycles. The Kier molecular flexibility index (Phi) is 4.63. The number of methoxy groups -OCH3 is 1. The second-order valence-electron chi connectivity index (χ2n) is 3.81. The minimum absolute atomic E-state index is 0.731. The van der Waals surface area contributed by atoms with Gasteiger partial charge in [-0.2, -0.15) is 0 Å². The summed E-state index contributed by atoms with van der Waals surface area (Å²) in [5.74, 6) is 3.04. The SMILES string of the molecule is CCNc1cc(Oc2ccc(OC)cc2Br)ccn1. The van der Waals surface area contributed by atoms with Crippen LogP contribution in [0.4, 0.5) is 5.82 Å². The topological polar surface area (TPSA) is 43.4 Å². The van der Waals surface area contributed by atoms with Crippen LogP contribution in [-0.4, -0.2) is 18.6 Å². The van der Waals surface area contributed by atoms with Gasteiger partial charge in [0.15, 0.2) is 0 Å². The molecule has 2 aromatic rings. The fourth-order valence-corrected chi connectivity index (χ4v) is 2.01. The summed E-state index contributed by atoms with van der Waals surface area (Å²) in [6.45, 7) is 2.85. The van der Waals surface area contributed by atoms with Crippen molar-refractivity contribution >= 4 is 21.7 Å². The average Bonchev–Trinajstić information content (AvgIpc) is 2.42. The Bertz CT molecular complexity index is 561. The van der Waals surface area contributed by atoms with E-state index in [9.17, 15) is 0 Å². The number of nitrogens with zero attached hydrogens (tertiary/aromatic N) is 1. The Labute approximate surface area is 120 Å². The third-order valence-corrected chi connectivity index (χ3v) is 3.08. The molecule has 0 atom stereocenters. The van der Waals surface area contributed by atoms with Crippen LogP contribution in [0.5, 0.6) is 17.2 Å². The van der Waals surface area contributed by atoms with Crippen molar-refractivity contribution in [3.63, 3.8) is 0 Å². The number of pyridine rings is 1. The molecule has 1 aromatic carbocycles. The maximum atomic E-state index is 5.81. The standard InChI is InChI=1S/C14H15BrN2O2/c1-3-16-14-9-11(6-7-17-14)19-13-5-4-10(18-2)8-12(13)15/h4-9H,3H2,1-2H3,(H,16,17). The molecule has 0 aliphatic rings. The average molecular weight is 323 g/mol. The van der Waals surface area contributed by atoms with Gasteiger partial charge in [0.1, 0.15) is 23.1 Å². The molecule has 19 heavy (non-hydrogen) atoms. The van der Waals surface area contributed by atoms with E-state index in [1.54, 1.807) is 13.3 Å². The molecule has 0 bridgehead atoms. The Hall–Kier alpha value is -1.75. The fraction of sp³-hybridized carbons (Fsp3) is 0.214. The lowest BCUT2D eigenvalue weighted by molar-refractivity contribution is 0.412. The molecule has 5 heteroatoms. The first-order valence-electron chi connectivity index (χ1n) is 5.94. The number of rotatable bonds is 5. The van der Waals surface area contributed by atoms with Crippen LogP contribution >= 0.6 is 15.9 Å². The van der Waals surface area contributed by atoms with Crippen LogP contribution < -0.4 is 14.8 Å². The van der Waals surface area contributed by atoms with Gasteiger partial charge in [-0.3, -0.25) is 0 Å². The van der Waals surface area contributed by atoms with Gasteiger partial charge in [0.2, 0.25) is 0 Å². The molecule has 0 unspecified atom stereocenters. The first-order chi connectivity index (χ1) is 9.22. The predicted molar refractivity (Wildman–Crippen MR) is 79.2 cm³/mol. The maximum Gasteiger partial charge on any atom is 0.141 e. The first kappa shape index (κ1) is 13.7. The largest absolute Gasteiger partial charge is 0.497 e. The molecule has 1 heterocycles. The van der Waals surface area contributed by atoms with Crippen LogP contribution in [0.2, 0.25) is 0 Å². The van der Waals surface area contributed by atoms with E-state index in [2.05, 4.69) is 26.2 Å². The summed E-state index contributed by atoms with van der Waals surface area (Å²) in [4.78, 5) is 4.20. The van der Waals surface area contributed by atoms with Crippen molar-refractivity contribution < 1.29 is 9.47 Å². The lowest BCUT2D eigenvalue weighted by Gasteiger charge is -2.10. The second kappa shape index (κ2) is 6.43. The molecule has 0 aliphatic carbocycles. The van der Waals surface area contributed by atoms with Gasteiger partial charge in [0.05, 0.1) is 11.6 Å². The second-order valence-corrected chi connectivity index (χ2v) is 4.66. The van der Waals surface area contributed by atoms with E-state index < -0.39 is 0 Å². The zero-order valence-corrected chi connectivity index (χ0v) is 12.4. The molecular formula is C14H15BrN2O2. The number of ether oxygens (including phenoxy) is 2. The van der Waals surface area contributed by atoms with Crippen molar-refractivity contribution in [1.29, 1.82) is 0 Å².